The predicted octanol–water partition coefficient (Wildman–Crippen LogP) is 0.851. The van der Waals surface area contributed by atoms with E-state index in [4.69, 9.17) is 0 Å². The maximum Gasteiger partial charge on any atom is 0.224 e. The predicted molar refractivity (Wildman–Crippen MR) is 68.7 cm³/mol. The summed E-state index contributed by atoms with van der Waals surface area (Å²) in [5, 5.41) is 13.0. The molecule has 0 aromatic carbocycles. The van der Waals surface area contributed by atoms with E-state index in [-0.39, 0.29) is 17.7 Å². The van der Waals surface area contributed by atoms with E-state index < -0.39 is 5.60 Å². The minimum atomic E-state index is -0.676. The van der Waals surface area contributed by atoms with Crippen LogP contribution < -0.4 is 5.32 Å². The van der Waals surface area contributed by atoms with Gasteiger partial charge in [0, 0.05) is 20.1 Å². The van der Waals surface area contributed by atoms with Gasteiger partial charge < -0.3 is 10.4 Å². The first-order valence-corrected chi connectivity index (χ1v) is 6.53. The van der Waals surface area contributed by atoms with Crippen molar-refractivity contribution in [1.29, 1.82) is 0 Å². The number of rotatable bonds is 4. The van der Waals surface area contributed by atoms with Gasteiger partial charge in [-0.1, -0.05) is 13.8 Å². The smallest absolute Gasteiger partial charge is 0.224 e. The molecule has 2 N–H and O–H groups in total. The Labute approximate surface area is 104 Å². The first kappa shape index (κ1) is 14.5. The molecule has 1 fully saturated rings. The minimum Gasteiger partial charge on any atom is -0.389 e. The van der Waals surface area contributed by atoms with Crippen molar-refractivity contribution in [1.82, 2.24) is 10.2 Å². The van der Waals surface area contributed by atoms with Gasteiger partial charge in [-0.2, -0.15) is 0 Å². The fourth-order valence-electron chi connectivity index (χ4n) is 2.25. The molecule has 1 aliphatic heterocycles. The highest BCUT2D eigenvalue weighted by molar-refractivity contribution is 5.78. The molecule has 2 unspecified atom stereocenters. The molecule has 0 aliphatic carbocycles. The summed E-state index contributed by atoms with van der Waals surface area (Å²) in [6, 6.07) is 0. The van der Waals surface area contributed by atoms with Gasteiger partial charge in [-0.15, -0.1) is 0 Å². The van der Waals surface area contributed by atoms with E-state index in [1.165, 1.54) is 0 Å². The fraction of sp³-hybridized carbons (Fsp3) is 0.923. The van der Waals surface area contributed by atoms with E-state index in [0.29, 0.717) is 6.54 Å². The number of carbonyl (C=O) groups excluding carboxylic acids is 1. The van der Waals surface area contributed by atoms with Crippen LogP contribution in [0.4, 0.5) is 0 Å². The van der Waals surface area contributed by atoms with Crippen LogP contribution in [0, 0.1) is 11.8 Å². The number of nitrogens with one attached hydrogen (secondary N) is 1. The lowest BCUT2D eigenvalue weighted by Gasteiger charge is -2.38. The third kappa shape index (κ3) is 3.96. The van der Waals surface area contributed by atoms with Crippen molar-refractivity contribution < 1.29 is 9.90 Å². The van der Waals surface area contributed by atoms with Crippen LogP contribution in [0.2, 0.25) is 0 Å². The monoisotopic (exact) mass is 242 g/mol. The quantitative estimate of drug-likeness (QED) is 0.768. The molecule has 1 rings (SSSR count). The van der Waals surface area contributed by atoms with Crippen LogP contribution in [-0.2, 0) is 4.79 Å². The normalized spacial score (nSPS) is 25.6. The van der Waals surface area contributed by atoms with Gasteiger partial charge >= 0.3 is 0 Å². The topological polar surface area (TPSA) is 52.6 Å². The lowest BCUT2D eigenvalue weighted by atomic mass is 9.90. The number of hydrogen-bond donors (Lipinski definition) is 2. The van der Waals surface area contributed by atoms with Crippen molar-refractivity contribution in [3.8, 4) is 0 Å². The molecule has 2 atom stereocenters. The van der Waals surface area contributed by atoms with Crippen LogP contribution in [0.1, 0.15) is 33.6 Å². The molecular weight excluding hydrogens is 216 g/mol. The molecule has 4 nitrogen and oxygen atoms in total. The zero-order chi connectivity index (χ0) is 13.1. The number of likely N-dealkylation sites (tertiary alicyclic amines) is 1. The third-order valence-electron chi connectivity index (χ3n) is 3.91. The molecule has 0 bridgehead atoms. The fourth-order valence-corrected chi connectivity index (χ4v) is 2.25. The summed E-state index contributed by atoms with van der Waals surface area (Å²) < 4.78 is 0. The Balaban J connectivity index is 2.53. The summed E-state index contributed by atoms with van der Waals surface area (Å²) in [6.07, 6.45) is 1.99. The van der Waals surface area contributed by atoms with Crippen LogP contribution in [0.5, 0.6) is 0 Å². The molecule has 100 valence electrons. The SMILES string of the molecule is CNC(=O)C1CCCN(CC(C)(O)C(C)C)C1. The molecule has 0 radical (unpaired) electrons. The summed E-state index contributed by atoms with van der Waals surface area (Å²) in [4.78, 5) is 13.8. The third-order valence-corrected chi connectivity index (χ3v) is 3.91. The zero-order valence-corrected chi connectivity index (χ0v) is 11.5. The number of nitrogens with zero attached hydrogens (tertiary/aromatic N) is 1. The second-order valence-electron chi connectivity index (χ2n) is 5.70. The second kappa shape index (κ2) is 5.83. The highest BCUT2D eigenvalue weighted by atomic mass is 16.3. The van der Waals surface area contributed by atoms with E-state index in [1.54, 1.807) is 7.05 Å². The Bertz CT molecular complexity index is 264. The molecule has 0 spiro atoms. The minimum absolute atomic E-state index is 0.0803. The highest BCUT2D eigenvalue weighted by Crippen LogP contribution is 2.22. The molecule has 0 aromatic rings. The Morgan fingerprint density at radius 3 is 2.76 bits per heavy atom. The van der Waals surface area contributed by atoms with Crippen molar-refractivity contribution in [2.45, 2.75) is 39.2 Å². The van der Waals surface area contributed by atoms with Crippen molar-refractivity contribution in [3.05, 3.63) is 0 Å². The average molecular weight is 242 g/mol. The van der Waals surface area contributed by atoms with Crippen molar-refractivity contribution >= 4 is 5.91 Å². The van der Waals surface area contributed by atoms with Gasteiger partial charge in [0.1, 0.15) is 0 Å². The summed E-state index contributed by atoms with van der Waals surface area (Å²) >= 11 is 0. The van der Waals surface area contributed by atoms with E-state index in [1.807, 2.05) is 20.8 Å². The van der Waals surface area contributed by atoms with Crippen molar-refractivity contribution in [2.24, 2.45) is 11.8 Å². The Hall–Kier alpha value is -0.610. The lowest BCUT2D eigenvalue weighted by Crippen LogP contribution is -2.50. The lowest BCUT2D eigenvalue weighted by molar-refractivity contribution is -0.127. The molecule has 0 aromatic heterocycles. The van der Waals surface area contributed by atoms with Crippen LogP contribution in [0.15, 0.2) is 0 Å². The Morgan fingerprint density at radius 1 is 1.59 bits per heavy atom. The first-order valence-electron chi connectivity index (χ1n) is 6.53. The molecule has 4 heteroatoms. The Kier molecular flexibility index (Phi) is 4.95. The van der Waals surface area contributed by atoms with Gasteiger partial charge in [0.15, 0.2) is 0 Å². The van der Waals surface area contributed by atoms with Gasteiger partial charge in [-0.3, -0.25) is 9.69 Å². The van der Waals surface area contributed by atoms with Crippen LogP contribution in [0.25, 0.3) is 0 Å². The number of hydrogen-bond acceptors (Lipinski definition) is 3. The number of carbonyl (C=O) groups is 1. The van der Waals surface area contributed by atoms with E-state index >= 15 is 0 Å². The summed E-state index contributed by atoms with van der Waals surface area (Å²) in [5.41, 5.74) is -0.676. The Morgan fingerprint density at radius 2 is 2.24 bits per heavy atom. The number of aliphatic hydroxyl groups is 1. The van der Waals surface area contributed by atoms with E-state index in [2.05, 4.69) is 10.2 Å². The number of β-amino-alcohol motifs (C(OH)–C–C–N with tert-alkyl or cyclic N) is 1. The second-order valence-corrected chi connectivity index (χ2v) is 5.70. The summed E-state index contributed by atoms with van der Waals surface area (Å²) in [7, 11) is 1.69. The molecule has 1 amide bonds. The first-order chi connectivity index (χ1) is 7.86. The summed E-state index contributed by atoms with van der Waals surface area (Å²) in [5.74, 6) is 0.429. The van der Waals surface area contributed by atoms with Gasteiger partial charge in [-0.05, 0) is 32.2 Å². The van der Waals surface area contributed by atoms with E-state index in [9.17, 15) is 9.90 Å². The van der Waals surface area contributed by atoms with Crippen LogP contribution in [-0.4, -0.2) is 48.2 Å². The zero-order valence-electron chi connectivity index (χ0n) is 11.5. The van der Waals surface area contributed by atoms with Crippen LogP contribution >= 0.6 is 0 Å². The number of amides is 1. The standard InChI is InChI=1S/C13H26N2O2/c1-10(2)13(3,17)9-15-7-5-6-11(8-15)12(16)14-4/h10-11,17H,5-9H2,1-4H3,(H,14,16). The largest absolute Gasteiger partial charge is 0.389 e. The molecular formula is C13H26N2O2. The highest BCUT2D eigenvalue weighted by Gasteiger charge is 2.31. The van der Waals surface area contributed by atoms with Gasteiger partial charge in [0.05, 0.1) is 11.5 Å². The summed E-state index contributed by atoms with van der Waals surface area (Å²) in [6.45, 7) is 8.33. The maximum atomic E-state index is 11.6. The molecule has 1 heterocycles. The molecule has 17 heavy (non-hydrogen) atoms. The number of piperidine rings is 1. The maximum absolute atomic E-state index is 11.6. The van der Waals surface area contributed by atoms with Gasteiger partial charge in [0.25, 0.3) is 0 Å². The van der Waals surface area contributed by atoms with Crippen molar-refractivity contribution in [3.63, 3.8) is 0 Å². The van der Waals surface area contributed by atoms with Gasteiger partial charge in [0.2, 0.25) is 5.91 Å². The van der Waals surface area contributed by atoms with Gasteiger partial charge in [-0.25, -0.2) is 0 Å². The van der Waals surface area contributed by atoms with Crippen molar-refractivity contribution in [2.75, 3.05) is 26.7 Å². The van der Waals surface area contributed by atoms with E-state index in [0.717, 1.165) is 25.9 Å². The average Bonchev–Trinajstić information content (AvgIpc) is 2.27. The molecule has 1 saturated heterocycles. The van der Waals surface area contributed by atoms with Crippen LogP contribution in [0.3, 0.4) is 0 Å². The molecule has 1 aliphatic rings. The molecule has 0 saturated carbocycles.